The molecule has 0 aromatic carbocycles. The molecule has 11 heavy (non-hydrogen) atoms. The average Bonchev–Trinajstić information content (AvgIpc) is 2.26. The number of carbonyl (C=O) groups is 1. The maximum absolute atomic E-state index is 10.8. The summed E-state index contributed by atoms with van der Waals surface area (Å²) in [6.07, 6.45) is 4.05. The SMILES string of the molecule is CCCCC1OC(=O)CC1[Se]. The molecular weight excluding hydrogens is 207 g/mol. The van der Waals surface area contributed by atoms with Crippen molar-refractivity contribution in [3.05, 3.63) is 0 Å². The Balaban J connectivity index is 2.28. The molecule has 2 atom stereocenters. The summed E-state index contributed by atoms with van der Waals surface area (Å²) < 4.78 is 5.11. The fourth-order valence-corrected chi connectivity index (χ4v) is 1.93. The van der Waals surface area contributed by atoms with E-state index >= 15 is 0 Å². The van der Waals surface area contributed by atoms with Gasteiger partial charge in [-0.05, 0) is 0 Å². The molecule has 0 aromatic rings. The number of hydrogen-bond acceptors (Lipinski definition) is 2. The summed E-state index contributed by atoms with van der Waals surface area (Å²) in [7, 11) is 0. The molecule has 1 heterocycles. The fraction of sp³-hybridized carbons (Fsp3) is 0.875. The van der Waals surface area contributed by atoms with E-state index in [0.29, 0.717) is 11.2 Å². The molecule has 1 aliphatic heterocycles. The van der Waals surface area contributed by atoms with Crippen molar-refractivity contribution in [2.75, 3.05) is 0 Å². The molecule has 1 radical (unpaired) electrons. The molecule has 2 unspecified atom stereocenters. The Bertz CT molecular complexity index is 147. The van der Waals surface area contributed by atoms with E-state index in [-0.39, 0.29) is 12.1 Å². The minimum atomic E-state index is -0.0464. The van der Waals surface area contributed by atoms with Gasteiger partial charge in [0.15, 0.2) is 0 Å². The molecule has 0 N–H and O–H groups in total. The van der Waals surface area contributed by atoms with Crippen LogP contribution in [0.1, 0.15) is 32.6 Å². The summed E-state index contributed by atoms with van der Waals surface area (Å²) in [6, 6.07) is 0. The number of cyclic esters (lactones) is 1. The van der Waals surface area contributed by atoms with E-state index in [0.717, 1.165) is 12.8 Å². The second-order valence-corrected chi connectivity index (χ2v) is 4.18. The van der Waals surface area contributed by atoms with E-state index in [1.807, 2.05) is 0 Å². The molecule has 0 spiro atoms. The maximum atomic E-state index is 10.8. The first-order valence-electron chi connectivity index (χ1n) is 4.09. The van der Waals surface area contributed by atoms with Gasteiger partial charge < -0.3 is 0 Å². The van der Waals surface area contributed by atoms with Crippen LogP contribution in [0, 0.1) is 0 Å². The first kappa shape index (κ1) is 9.08. The Hall–Kier alpha value is -0.0105. The van der Waals surface area contributed by atoms with Crippen molar-refractivity contribution in [2.24, 2.45) is 0 Å². The molecular formula is C8H13O2Se. The van der Waals surface area contributed by atoms with E-state index in [1.165, 1.54) is 6.42 Å². The molecule has 0 bridgehead atoms. The number of carbonyl (C=O) groups excluding carboxylic acids is 1. The van der Waals surface area contributed by atoms with Crippen molar-refractivity contribution < 1.29 is 9.53 Å². The van der Waals surface area contributed by atoms with Crippen molar-refractivity contribution in [1.82, 2.24) is 0 Å². The van der Waals surface area contributed by atoms with Crippen molar-refractivity contribution in [3.8, 4) is 0 Å². The van der Waals surface area contributed by atoms with Crippen LogP contribution in [0.2, 0.25) is 4.82 Å². The van der Waals surface area contributed by atoms with Crippen LogP contribution in [0.4, 0.5) is 0 Å². The van der Waals surface area contributed by atoms with E-state index in [1.54, 1.807) is 0 Å². The quantitative estimate of drug-likeness (QED) is 0.531. The number of esters is 1. The first-order valence-corrected chi connectivity index (χ1v) is 5.08. The Kier molecular flexibility index (Phi) is 3.41. The summed E-state index contributed by atoms with van der Waals surface area (Å²) in [5.74, 6) is -0.0464. The van der Waals surface area contributed by atoms with Crippen LogP contribution in [0.5, 0.6) is 0 Å². The number of unbranched alkanes of at least 4 members (excludes halogenated alkanes) is 1. The summed E-state index contributed by atoms with van der Waals surface area (Å²) in [4.78, 5) is 11.1. The van der Waals surface area contributed by atoms with E-state index in [4.69, 9.17) is 4.74 Å². The van der Waals surface area contributed by atoms with Crippen molar-refractivity contribution in [2.45, 2.75) is 43.5 Å². The Labute approximate surface area is 75.5 Å². The normalized spacial score (nSPS) is 30.5. The van der Waals surface area contributed by atoms with Gasteiger partial charge in [-0.2, -0.15) is 0 Å². The van der Waals surface area contributed by atoms with Crippen LogP contribution in [-0.2, 0) is 9.53 Å². The Morgan fingerprint density at radius 2 is 2.45 bits per heavy atom. The molecule has 1 saturated heterocycles. The predicted octanol–water partition coefficient (Wildman–Crippen LogP) is 1.45. The summed E-state index contributed by atoms with van der Waals surface area (Å²) >= 11 is 2.98. The van der Waals surface area contributed by atoms with Crippen LogP contribution in [0.25, 0.3) is 0 Å². The van der Waals surface area contributed by atoms with Crippen molar-refractivity contribution in [1.29, 1.82) is 0 Å². The standard InChI is InChI=1S/C8H13O2Se/c1-2-3-4-6-7(11)5-8(9)10-6/h6-7H,2-5H2,1H3. The van der Waals surface area contributed by atoms with Crippen LogP contribution in [0.15, 0.2) is 0 Å². The van der Waals surface area contributed by atoms with Gasteiger partial charge in [-0.1, -0.05) is 0 Å². The van der Waals surface area contributed by atoms with Gasteiger partial charge in [-0.15, -0.1) is 0 Å². The monoisotopic (exact) mass is 221 g/mol. The molecule has 63 valence electrons. The third-order valence-corrected chi connectivity index (χ3v) is 2.89. The molecule has 0 amide bonds. The van der Waals surface area contributed by atoms with Crippen LogP contribution in [0.3, 0.4) is 0 Å². The first-order chi connectivity index (χ1) is 5.24. The van der Waals surface area contributed by atoms with Crippen LogP contribution < -0.4 is 0 Å². The van der Waals surface area contributed by atoms with Gasteiger partial charge in [0.1, 0.15) is 0 Å². The van der Waals surface area contributed by atoms with Gasteiger partial charge >= 0.3 is 75.0 Å². The molecule has 2 nitrogen and oxygen atoms in total. The molecule has 1 rings (SSSR count). The Morgan fingerprint density at radius 1 is 1.73 bits per heavy atom. The molecule has 0 saturated carbocycles. The van der Waals surface area contributed by atoms with Gasteiger partial charge in [0.2, 0.25) is 0 Å². The second kappa shape index (κ2) is 4.12. The number of ether oxygens (including phenoxy) is 1. The number of rotatable bonds is 3. The average molecular weight is 220 g/mol. The molecule has 3 heteroatoms. The fourth-order valence-electron chi connectivity index (χ4n) is 1.24. The van der Waals surface area contributed by atoms with Crippen molar-refractivity contribution in [3.63, 3.8) is 0 Å². The van der Waals surface area contributed by atoms with Gasteiger partial charge in [-0.3, -0.25) is 0 Å². The van der Waals surface area contributed by atoms with Gasteiger partial charge in [0.05, 0.1) is 0 Å². The second-order valence-electron chi connectivity index (χ2n) is 2.91. The summed E-state index contributed by atoms with van der Waals surface area (Å²) in [6.45, 7) is 2.14. The van der Waals surface area contributed by atoms with E-state index in [2.05, 4.69) is 22.9 Å². The molecule has 0 aromatic heterocycles. The van der Waals surface area contributed by atoms with E-state index in [9.17, 15) is 4.79 Å². The van der Waals surface area contributed by atoms with Gasteiger partial charge in [0.25, 0.3) is 0 Å². The number of hydrogen-bond donors (Lipinski definition) is 0. The van der Waals surface area contributed by atoms with Gasteiger partial charge in [-0.25, -0.2) is 0 Å². The topological polar surface area (TPSA) is 26.3 Å². The molecule has 0 aliphatic carbocycles. The van der Waals surface area contributed by atoms with E-state index < -0.39 is 0 Å². The van der Waals surface area contributed by atoms with Gasteiger partial charge in [0, 0.05) is 0 Å². The molecule has 1 fully saturated rings. The van der Waals surface area contributed by atoms with Crippen LogP contribution in [-0.4, -0.2) is 28.1 Å². The third kappa shape index (κ3) is 2.49. The predicted molar refractivity (Wildman–Crippen MR) is 43.5 cm³/mol. The summed E-state index contributed by atoms with van der Waals surface area (Å²) in [5.41, 5.74) is 0. The van der Waals surface area contributed by atoms with Crippen molar-refractivity contribution >= 4 is 22.0 Å². The minimum absolute atomic E-state index is 0.0464. The third-order valence-electron chi connectivity index (χ3n) is 1.91. The Morgan fingerprint density at radius 3 is 2.91 bits per heavy atom. The zero-order chi connectivity index (χ0) is 8.27. The van der Waals surface area contributed by atoms with Crippen LogP contribution >= 0.6 is 0 Å². The molecule has 1 aliphatic rings. The summed E-state index contributed by atoms with van der Waals surface area (Å²) in [5, 5.41) is 0. The zero-order valence-electron chi connectivity index (χ0n) is 6.71. The zero-order valence-corrected chi connectivity index (χ0v) is 8.42.